The lowest BCUT2D eigenvalue weighted by Gasteiger charge is -2.33. The van der Waals surface area contributed by atoms with Crippen LogP contribution in [0.3, 0.4) is 0 Å². The van der Waals surface area contributed by atoms with E-state index in [9.17, 15) is 4.79 Å². The fraction of sp³-hybridized carbons (Fsp3) is 0.318. The molecule has 25 heavy (non-hydrogen) atoms. The second-order valence-electron chi connectivity index (χ2n) is 6.88. The Bertz CT molecular complexity index is 797. The molecule has 0 aliphatic carbocycles. The third-order valence-corrected chi connectivity index (χ3v) is 5.44. The van der Waals surface area contributed by atoms with Crippen molar-refractivity contribution in [1.29, 1.82) is 0 Å². The van der Waals surface area contributed by atoms with E-state index in [0.717, 1.165) is 38.2 Å². The number of carbonyl (C=O) groups excluding carboxylic acids is 1. The number of amides is 1. The normalized spacial score (nSPS) is 18.6. The topological polar surface area (TPSA) is 23.6 Å². The van der Waals surface area contributed by atoms with Gasteiger partial charge in [0.15, 0.2) is 0 Å². The van der Waals surface area contributed by atoms with Crippen LogP contribution in [0.25, 0.3) is 5.57 Å². The Balaban J connectivity index is 1.45. The van der Waals surface area contributed by atoms with E-state index in [1.807, 2.05) is 24.0 Å². The number of hydrogen-bond acceptors (Lipinski definition) is 2. The van der Waals surface area contributed by atoms with Crippen molar-refractivity contribution < 1.29 is 4.79 Å². The van der Waals surface area contributed by atoms with Crippen LogP contribution in [-0.4, -0.2) is 36.5 Å². The van der Waals surface area contributed by atoms with Gasteiger partial charge < -0.3 is 4.90 Å². The number of benzene rings is 2. The Morgan fingerprint density at radius 1 is 0.960 bits per heavy atom. The molecule has 0 bridgehead atoms. The number of rotatable bonds is 3. The van der Waals surface area contributed by atoms with Crippen molar-refractivity contribution >= 4 is 17.2 Å². The number of hydrogen-bond donors (Lipinski definition) is 0. The maximum Gasteiger partial charge on any atom is 0.244 e. The van der Waals surface area contributed by atoms with Crippen LogP contribution >= 0.6 is 0 Å². The van der Waals surface area contributed by atoms with Crippen molar-refractivity contribution in [2.45, 2.75) is 25.8 Å². The summed E-state index contributed by atoms with van der Waals surface area (Å²) in [4.78, 5) is 17.3. The van der Waals surface area contributed by atoms with Gasteiger partial charge in [0.05, 0.1) is 6.04 Å². The molecule has 0 saturated heterocycles. The molecule has 128 valence electrons. The number of nitrogens with zero attached hydrogens (tertiary/aromatic N) is 2. The summed E-state index contributed by atoms with van der Waals surface area (Å²) in [7, 11) is 0. The second-order valence-corrected chi connectivity index (χ2v) is 6.88. The van der Waals surface area contributed by atoms with Crippen molar-refractivity contribution in [3.8, 4) is 0 Å². The van der Waals surface area contributed by atoms with Gasteiger partial charge in [-0.05, 0) is 42.5 Å². The zero-order valence-corrected chi connectivity index (χ0v) is 14.7. The minimum Gasteiger partial charge on any atom is -0.310 e. The predicted octanol–water partition coefficient (Wildman–Crippen LogP) is 3.75. The SMILES string of the molecule is C[C@H](C(=O)N1CCc2ccccc21)N1CC=C(c2ccccc2)CC1. The van der Waals surface area contributed by atoms with E-state index in [1.54, 1.807) is 0 Å². The third kappa shape index (κ3) is 3.12. The number of anilines is 1. The first kappa shape index (κ1) is 16.1. The van der Waals surface area contributed by atoms with Crippen LogP contribution in [0.4, 0.5) is 5.69 Å². The molecule has 4 rings (SSSR count). The summed E-state index contributed by atoms with van der Waals surface area (Å²) in [5, 5.41) is 0. The van der Waals surface area contributed by atoms with Gasteiger partial charge in [0.2, 0.25) is 5.91 Å². The standard InChI is InChI=1S/C22H24N2O/c1-17(22(25)24-16-13-20-9-5-6-10-21(20)24)23-14-11-19(12-15-23)18-7-3-2-4-8-18/h2-11,17H,12-16H2,1H3/t17-/m1/s1. The van der Waals surface area contributed by atoms with Gasteiger partial charge in [-0.1, -0.05) is 54.6 Å². The Morgan fingerprint density at radius 2 is 1.72 bits per heavy atom. The zero-order valence-electron chi connectivity index (χ0n) is 14.7. The largest absolute Gasteiger partial charge is 0.310 e. The molecule has 2 aromatic carbocycles. The number of fused-ring (bicyclic) bond motifs is 1. The van der Waals surface area contributed by atoms with Gasteiger partial charge in [0.25, 0.3) is 0 Å². The molecule has 2 aliphatic heterocycles. The molecular weight excluding hydrogens is 308 g/mol. The van der Waals surface area contributed by atoms with E-state index in [2.05, 4.69) is 53.4 Å². The molecule has 3 heteroatoms. The quantitative estimate of drug-likeness (QED) is 0.854. The summed E-state index contributed by atoms with van der Waals surface area (Å²) in [5.41, 5.74) is 5.07. The van der Waals surface area contributed by atoms with Crippen molar-refractivity contribution in [2.75, 3.05) is 24.5 Å². The summed E-state index contributed by atoms with van der Waals surface area (Å²) >= 11 is 0. The van der Waals surface area contributed by atoms with E-state index in [4.69, 9.17) is 0 Å². The third-order valence-electron chi connectivity index (χ3n) is 5.44. The summed E-state index contributed by atoms with van der Waals surface area (Å²) in [6.45, 7) is 4.63. The highest BCUT2D eigenvalue weighted by Crippen LogP contribution is 2.29. The van der Waals surface area contributed by atoms with Crippen LogP contribution in [0, 0.1) is 0 Å². The maximum absolute atomic E-state index is 13.0. The predicted molar refractivity (Wildman–Crippen MR) is 103 cm³/mol. The molecule has 0 unspecified atom stereocenters. The summed E-state index contributed by atoms with van der Waals surface area (Å²) < 4.78 is 0. The lowest BCUT2D eigenvalue weighted by molar-refractivity contribution is -0.123. The Kier molecular flexibility index (Phi) is 4.41. The van der Waals surface area contributed by atoms with Gasteiger partial charge in [-0.25, -0.2) is 0 Å². The minimum absolute atomic E-state index is 0.0836. The molecule has 2 aliphatic rings. The average Bonchev–Trinajstić information content (AvgIpc) is 3.12. The summed E-state index contributed by atoms with van der Waals surface area (Å²) in [5.74, 6) is 0.224. The van der Waals surface area contributed by atoms with Crippen LogP contribution in [0.1, 0.15) is 24.5 Å². The van der Waals surface area contributed by atoms with E-state index in [1.165, 1.54) is 16.7 Å². The van der Waals surface area contributed by atoms with Gasteiger partial charge in [-0.2, -0.15) is 0 Å². The van der Waals surface area contributed by atoms with Gasteiger partial charge in [0.1, 0.15) is 0 Å². The van der Waals surface area contributed by atoms with Crippen LogP contribution < -0.4 is 4.90 Å². The molecule has 0 radical (unpaired) electrons. The molecule has 0 N–H and O–H groups in total. The monoisotopic (exact) mass is 332 g/mol. The van der Waals surface area contributed by atoms with Gasteiger partial charge >= 0.3 is 0 Å². The Morgan fingerprint density at radius 3 is 2.48 bits per heavy atom. The first-order valence-electron chi connectivity index (χ1n) is 9.12. The fourth-order valence-corrected chi connectivity index (χ4v) is 3.90. The second kappa shape index (κ2) is 6.85. The smallest absolute Gasteiger partial charge is 0.244 e. The molecule has 0 fully saturated rings. The van der Waals surface area contributed by atoms with Crippen LogP contribution in [0.15, 0.2) is 60.7 Å². The van der Waals surface area contributed by atoms with E-state index >= 15 is 0 Å². The Labute approximate surface area is 149 Å². The molecule has 0 saturated carbocycles. The van der Waals surface area contributed by atoms with Crippen molar-refractivity contribution in [1.82, 2.24) is 4.90 Å². The molecule has 0 aromatic heterocycles. The summed E-state index contributed by atoms with van der Waals surface area (Å²) in [6, 6.07) is 18.7. The van der Waals surface area contributed by atoms with Crippen LogP contribution in [0.5, 0.6) is 0 Å². The van der Waals surface area contributed by atoms with Gasteiger partial charge in [-0.3, -0.25) is 9.69 Å². The Hall–Kier alpha value is -2.39. The highest BCUT2D eigenvalue weighted by Gasteiger charge is 2.31. The molecule has 2 heterocycles. The van der Waals surface area contributed by atoms with Gasteiger partial charge in [-0.15, -0.1) is 0 Å². The van der Waals surface area contributed by atoms with E-state index in [-0.39, 0.29) is 11.9 Å². The minimum atomic E-state index is -0.0836. The lowest BCUT2D eigenvalue weighted by atomic mass is 9.99. The maximum atomic E-state index is 13.0. The highest BCUT2D eigenvalue weighted by molar-refractivity contribution is 5.98. The van der Waals surface area contributed by atoms with Gasteiger partial charge in [0, 0.05) is 25.3 Å². The molecular formula is C22H24N2O. The van der Waals surface area contributed by atoms with Crippen molar-refractivity contribution in [3.05, 3.63) is 71.8 Å². The fourth-order valence-electron chi connectivity index (χ4n) is 3.90. The molecule has 1 amide bonds. The zero-order chi connectivity index (χ0) is 17.2. The van der Waals surface area contributed by atoms with Crippen molar-refractivity contribution in [2.24, 2.45) is 0 Å². The van der Waals surface area contributed by atoms with Crippen LogP contribution in [0.2, 0.25) is 0 Å². The average molecular weight is 332 g/mol. The first-order valence-corrected chi connectivity index (χ1v) is 9.12. The van der Waals surface area contributed by atoms with E-state index in [0.29, 0.717) is 0 Å². The molecule has 0 spiro atoms. The molecule has 2 aromatic rings. The molecule has 3 nitrogen and oxygen atoms in total. The first-order chi connectivity index (χ1) is 12.2. The van der Waals surface area contributed by atoms with Crippen LogP contribution in [-0.2, 0) is 11.2 Å². The van der Waals surface area contributed by atoms with E-state index < -0.39 is 0 Å². The molecule has 1 atom stereocenters. The highest BCUT2D eigenvalue weighted by atomic mass is 16.2. The lowest BCUT2D eigenvalue weighted by Crippen LogP contribution is -2.48. The van der Waals surface area contributed by atoms with Crippen molar-refractivity contribution in [3.63, 3.8) is 0 Å². The number of carbonyl (C=O) groups is 1. The number of para-hydroxylation sites is 1. The summed E-state index contributed by atoms with van der Waals surface area (Å²) in [6.07, 6.45) is 4.24.